The van der Waals surface area contributed by atoms with Crippen LogP contribution in [0.4, 0.5) is 0 Å². The van der Waals surface area contributed by atoms with Gasteiger partial charge in [0.2, 0.25) is 5.91 Å². The zero-order valence-corrected chi connectivity index (χ0v) is 17.3. The summed E-state index contributed by atoms with van der Waals surface area (Å²) in [6.45, 7) is 4.63. The van der Waals surface area contributed by atoms with E-state index in [1.807, 2.05) is 36.2 Å². The second-order valence-electron chi connectivity index (χ2n) is 7.89. The molecule has 1 saturated heterocycles. The Hall–Kier alpha value is -2.45. The van der Waals surface area contributed by atoms with Gasteiger partial charge in [-0.05, 0) is 37.6 Å². The molecule has 1 aromatic carbocycles. The minimum absolute atomic E-state index is 0.0382. The first kappa shape index (κ1) is 19.8. The average molecular weight is 399 g/mol. The van der Waals surface area contributed by atoms with Crippen molar-refractivity contribution in [3.8, 4) is 5.75 Å². The van der Waals surface area contributed by atoms with Gasteiger partial charge >= 0.3 is 0 Å². The lowest BCUT2D eigenvalue weighted by Gasteiger charge is -2.27. The predicted molar refractivity (Wildman–Crippen MR) is 110 cm³/mol. The Morgan fingerprint density at radius 1 is 1.24 bits per heavy atom. The number of amides is 1. The van der Waals surface area contributed by atoms with Crippen LogP contribution in [-0.4, -0.2) is 70.8 Å². The SMILES string of the molecule is COc1ccc(CN(C)CC(=O)N2CCCC2c2nnc3n2CCNCC3)cc1. The van der Waals surface area contributed by atoms with Gasteiger partial charge in [0.1, 0.15) is 11.6 Å². The third-order valence-corrected chi connectivity index (χ3v) is 5.78. The lowest BCUT2D eigenvalue weighted by molar-refractivity contribution is -0.133. The molecule has 0 spiro atoms. The minimum atomic E-state index is 0.0382. The largest absolute Gasteiger partial charge is 0.497 e. The van der Waals surface area contributed by atoms with Crippen molar-refractivity contribution in [3.05, 3.63) is 41.5 Å². The van der Waals surface area contributed by atoms with Gasteiger partial charge in [0.25, 0.3) is 0 Å². The zero-order valence-electron chi connectivity index (χ0n) is 17.3. The fraction of sp³-hybridized carbons (Fsp3) is 0.571. The Morgan fingerprint density at radius 2 is 2.07 bits per heavy atom. The minimum Gasteiger partial charge on any atom is -0.497 e. The predicted octanol–water partition coefficient (Wildman–Crippen LogP) is 1.23. The smallest absolute Gasteiger partial charge is 0.237 e. The van der Waals surface area contributed by atoms with Crippen molar-refractivity contribution in [2.45, 2.75) is 38.4 Å². The van der Waals surface area contributed by atoms with Gasteiger partial charge < -0.3 is 19.5 Å². The molecule has 29 heavy (non-hydrogen) atoms. The molecule has 3 heterocycles. The highest BCUT2D eigenvalue weighted by Gasteiger charge is 2.34. The van der Waals surface area contributed by atoms with E-state index in [2.05, 4.69) is 25.0 Å². The number of hydrogen-bond donors (Lipinski definition) is 1. The normalized spacial score (nSPS) is 19.3. The number of nitrogens with one attached hydrogen (secondary N) is 1. The van der Waals surface area contributed by atoms with E-state index in [1.165, 1.54) is 0 Å². The lowest BCUT2D eigenvalue weighted by Crippen LogP contribution is -2.39. The molecule has 1 unspecified atom stereocenters. The van der Waals surface area contributed by atoms with Gasteiger partial charge in [0.15, 0.2) is 5.82 Å². The van der Waals surface area contributed by atoms with Crippen molar-refractivity contribution in [1.29, 1.82) is 0 Å². The molecular weight excluding hydrogens is 368 g/mol. The number of methoxy groups -OCH3 is 1. The number of likely N-dealkylation sites (N-methyl/N-ethyl adjacent to an activating group) is 1. The van der Waals surface area contributed by atoms with Gasteiger partial charge in [-0.25, -0.2) is 0 Å². The summed E-state index contributed by atoms with van der Waals surface area (Å²) in [6, 6.07) is 8.02. The van der Waals surface area contributed by atoms with Gasteiger partial charge in [-0.2, -0.15) is 0 Å². The number of hydrogen-bond acceptors (Lipinski definition) is 6. The summed E-state index contributed by atoms with van der Waals surface area (Å²) >= 11 is 0. The number of likely N-dealkylation sites (tertiary alicyclic amines) is 1. The first-order valence-electron chi connectivity index (χ1n) is 10.4. The third-order valence-electron chi connectivity index (χ3n) is 5.78. The van der Waals surface area contributed by atoms with Crippen LogP contribution in [-0.2, 0) is 24.3 Å². The second kappa shape index (κ2) is 8.92. The molecule has 1 N–H and O–H groups in total. The molecule has 1 atom stereocenters. The van der Waals surface area contributed by atoms with Crippen LogP contribution in [0.15, 0.2) is 24.3 Å². The van der Waals surface area contributed by atoms with E-state index in [9.17, 15) is 4.79 Å². The molecule has 1 amide bonds. The molecule has 1 aromatic heterocycles. The fourth-order valence-corrected chi connectivity index (χ4v) is 4.29. The number of benzene rings is 1. The van der Waals surface area contributed by atoms with Gasteiger partial charge in [-0.15, -0.1) is 10.2 Å². The summed E-state index contributed by atoms with van der Waals surface area (Å²) in [4.78, 5) is 17.1. The quantitative estimate of drug-likeness (QED) is 0.789. The van der Waals surface area contributed by atoms with Crippen LogP contribution >= 0.6 is 0 Å². The van der Waals surface area contributed by atoms with Crippen LogP contribution in [0.3, 0.4) is 0 Å². The number of ether oxygens (including phenoxy) is 1. The molecule has 0 bridgehead atoms. The van der Waals surface area contributed by atoms with Gasteiger partial charge in [-0.3, -0.25) is 9.69 Å². The monoisotopic (exact) mass is 398 g/mol. The fourth-order valence-electron chi connectivity index (χ4n) is 4.29. The average Bonchev–Trinajstić information content (AvgIpc) is 3.29. The molecule has 2 aliphatic heterocycles. The van der Waals surface area contributed by atoms with Crippen LogP contribution in [0.2, 0.25) is 0 Å². The lowest BCUT2D eigenvalue weighted by atomic mass is 10.2. The Bertz CT molecular complexity index is 834. The van der Waals surface area contributed by atoms with E-state index >= 15 is 0 Å². The van der Waals surface area contributed by atoms with Crippen LogP contribution in [0.5, 0.6) is 5.75 Å². The van der Waals surface area contributed by atoms with E-state index in [0.717, 1.165) is 74.9 Å². The van der Waals surface area contributed by atoms with E-state index in [-0.39, 0.29) is 11.9 Å². The van der Waals surface area contributed by atoms with Crippen molar-refractivity contribution in [2.24, 2.45) is 0 Å². The molecular formula is C21H30N6O2. The third kappa shape index (κ3) is 4.43. The van der Waals surface area contributed by atoms with Crippen molar-refractivity contribution in [3.63, 3.8) is 0 Å². The van der Waals surface area contributed by atoms with Crippen molar-refractivity contribution < 1.29 is 9.53 Å². The van der Waals surface area contributed by atoms with Crippen molar-refractivity contribution in [2.75, 3.05) is 40.3 Å². The molecule has 2 aromatic rings. The Balaban J connectivity index is 1.40. The van der Waals surface area contributed by atoms with E-state index < -0.39 is 0 Å². The van der Waals surface area contributed by atoms with Gasteiger partial charge in [-0.1, -0.05) is 12.1 Å². The first-order chi connectivity index (χ1) is 14.2. The Kier molecular flexibility index (Phi) is 6.10. The molecule has 1 fully saturated rings. The molecule has 8 nitrogen and oxygen atoms in total. The van der Waals surface area contributed by atoms with E-state index in [4.69, 9.17) is 4.74 Å². The Morgan fingerprint density at radius 3 is 2.86 bits per heavy atom. The second-order valence-corrected chi connectivity index (χ2v) is 7.89. The summed E-state index contributed by atoms with van der Waals surface area (Å²) < 4.78 is 7.43. The number of carbonyl (C=O) groups excluding carboxylic acids is 1. The highest BCUT2D eigenvalue weighted by atomic mass is 16.5. The summed E-state index contributed by atoms with van der Waals surface area (Å²) in [5.41, 5.74) is 1.16. The molecule has 0 saturated carbocycles. The molecule has 4 rings (SSSR count). The van der Waals surface area contributed by atoms with Crippen LogP contribution in [0.25, 0.3) is 0 Å². The zero-order chi connectivity index (χ0) is 20.2. The van der Waals surface area contributed by atoms with Gasteiger partial charge in [0.05, 0.1) is 19.7 Å². The molecule has 156 valence electrons. The maximum absolute atomic E-state index is 13.1. The van der Waals surface area contributed by atoms with Crippen LogP contribution in [0.1, 0.15) is 36.1 Å². The van der Waals surface area contributed by atoms with Gasteiger partial charge in [0, 0.05) is 39.1 Å². The number of rotatable bonds is 6. The highest BCUT2D eigenvalue weighted by Crippen LogP contribution is 2.31. The van der Waals surface area contributed by atoms with Crippen LogP contribution in [0, 0.1) is 0 Å². The van der Waals surface area contributed by atoms with E-state index in [0.29, 0.717) is 6.54 Å². The molecule has 0 aliphatic carbocycles. The molecule has 2 aliphatic rings. The summed E-state index contributed by atoms with van der Waals surface area (Å²) in [6.07, 6.45) is 2.86. The molecule has 0 radical (unpaired) electrons. The van der Waals surface area contributed by atoms with Crippen molar-refractivity contribution >= 4 is 5.91 Å². The maximum Gasteiger partial charge on any atom is 0.237 e. The summed E-state index contributed by atoms with van der Waals surface area (Å²) in [5, 5.41) is 12.3. The van der Waals surface area contributed by atoms with Crippen LogP contribution < -0.4 is 10.1 Å². The van der Waals surface area contributed by atoms with Crippen molar-refractivity contribution in [1.82, 2.24) is 29.9 Å². The topological polar surface area (TPSA) is 75.5 Å². The molecule has 8 heteroatoms. The number of carbonyl (C=O) groups is 1. The summed E-state index contributed by atoms with van der Waals surface area (Å²) in [7, 11) is 3.65. The number of nitrogens with zero attached hydrogens (tertiary/aromatic N) is 5. The number of fused-ring (bicyclic) bond motifs is 1. The Labute approximate surface area is 171 Å². The first-order valence-corrected chi connectivity index (χ1v) is 10.4. The summed E-state index contributed by atoms with van der Waals surface area (Å²) in [5.74, 6) is 2.98. The standard InChI is InChI=1S/C21H30N6O2/c1-25(14-16-5-7-17(29-2)8-6-16)15-20(28)26-12-3-4-18(26)21-24-23-19-9-10-22-11-13-27(19)21/h5-8,18,22H,3-4,9-15H2,1-2H3. The number of aromatic nitrogens is 3. The maximum atomic E-state index is 13.1. The highest BCUT2D eigenvalue weighted by molar-refractivity contribution is 5.79. The van der Waals surface area contributed by atoms with E-state index in [1.54, 1.807) is 7.11 Å².